The van der Waals surface area contributed by atoms with E-state index in [1.807, 2.05) is 12.1 Å². The van der Waals surface area contributed by atoms with Crippen LogP contribution in [0.25, 0.3) is 0 Å². The fourth-order valence-electron chi connectivity index (χ4n) is 4.61. The van der Waals surface area contributed by atoms with Crippen molar-refractivity contribution in [3.05, 3.63) is 35.4 Å². The van der Waals surface area contributed by atoms with Crippen molar-refractivity contribution in [2.45, 2.75) is 115 Å². The standard InChI is InChI=1S/C31H48N4O8/c1-32-35-26(31(42)43)14-11-12-22-33-27(36)21-20-25(30(40)41)34-28(37)15-10-8-6-4-2-3-5-7-9-13-23-16-18-24(19-17-23)29(38)39/h16-19,25-26,35H,1-15,20-22H2,(H,33,36)(H,34,37)(H,38,39)(H,40,41)(H,42,43)/t25-,26-/m0/s1. The smallest absolute Gasteiger partial charge is 0.335 e. The Labute approximate surface area is 253 Å². The summed E-state index contributed by atoms with van der Waals surface area (Å²) in [5, 5.41) is 36.0. The number of hydrogen-bond donors (Lipinski definition) is 6. The molecule has 0 aliphatic heterocycles. The molecule has 0 aromatic heterocycles. The van der Waals surface area contributed by atoms with E-state index in [0.29, 0.717) is 37.8 Å². The topological polar surface area (TPSA) is 194 Å². The van der Waals surface area contributed by atoms with Gasteiger partial charge < -0.3 is 26.0 Å². The lowest BCUT2D eigenvalue weighted by atomic mass is 10.0. The number of unbranched alkanes of at least 4 members (excludes halogenated alkanes) is 9. The minimum atomic E-state index is -1.18. The summed E-state index contributed by atoms with van der Waals surface area (Å²) in [5.41, 5.74) is 3.87. The summed E-state index contributed by atoms with van der Waals surface area (Å²) < 4.78 is 0. The van der Waals surface area contributed by atoms with Gasteiger partial charge in [-0.1, -0.05) is 57.1 Å². The zero-order valence-corrected chi connectivity index (χ0v) is 25.0. The number of carbonyl (C=O) groups is 5. The van der Waals surface area contributed by atoms with E-state index in [2.05, 4.69) is 27.9 Å². The molecule has 43 heavy (non-hydrogen) atoms. The lowest BCUT2D eigenvalue weighted by Crippen LogP contribution is -2.41. The van der Waals surface area contributed by atoms with E-state index in [1.165, 1.54) is 0 Å². The third-order valence-corrected chi connectivity index (χ3v) is 7.15. The fraction of sp³-hybridized carbons (Fsp3) is 0.613. The van der Waals surface area contributed by atoms with Crippen molar-refractivity contribution >= 4 is 36.4 Å². The third kappa shape index (κ3) is 18.2. The third-order valence-electron chi connectivity index (χ3n) is 7.15. The average Bonchev–Trinajstić information content (AvgIpc) is 2.97. The molecule has 12 heteroatoms. The van der Waals surface area contributed by atoms with Gasteiger partial charge in [0.1, 0.15) is 12.1 Å². The van der Waals surface area contributed by atoms with Gasteiger partial charge in [-0.3, -0.25) is 15.0 Å². The second-order valence-electron chi connectivity index (χ2n) is 10.7. The summed E-state index contributed by atoms with van der Waals surface area (Å²) in [4.78, 5) is 57.7. The van der Waals surface area contributed by atoms with E-state index in [9.17, 15) is 29.1 Å². The van der Waals surface area contributed by atoms with Crippen LogP contribution in [0.15, 0.2) is 29.4 Å². The van der Waals surface area contributed by atoms with Gasteiger partial charge in [-0.05, 0) is 62.6 Å². The molecule has 240 valence electrons. The van der Waals surface area contributed by atoms with E-state index in [1.54, 1.807) is 12.1 Å². The Morgan fingerprint density at radius 2 is 1.26 bits per heavy atom. The first-order chi connectivity index (χ1) is 20.6. The minimum absolute atomic E-state index is 0.0140. The summed E-state index contributed by atoms with van der Waals surface area (Å²) >= 11 is 0. The number of carbonyl (C=O) groups excluding carboxylic acids is 2. The number of aromatic carboxylic acids is 1. The van der Waals surface area contributed by atoms with E-state index in [-0.39, 0.29) is 31.1 Å². The first-order valence-electron chi connectivity index (χ1n) is 15.2. The van der Waals surface area contributed by atoms with Crippen molar-refractivity contribution in [1.29, 1.82) is 0 Å². The van der Waals surface area contributed by atoms with Crippen LogP contribution in [0.3, 0.4) is 0 Å². The summed E-state index contributed by atoms with van der Waals surface area (Å²) in [6.45, 7) is 3.54. The first-order valence-corrected chi connectivity index (χ1v) is 15.2. The van der Waals surface area contributed by atoms with Crippen LogP contribution >= 0.6 is 0 Å². The summed E-state index contributed by atoms with van der Waals surface area (Å²) in [7, 11) is 0. The molecule has 0 aliphatic rings. The highest BCUT2D eigenvalue weighted by atomic mass is 16.4. The number of nitrogens with one attached hydrogen (secondary N) is 3. The van der Waals surface area contributed by atoms with Crippen LogP contribution in [0.2, 0.25) is 0 Å². The number of carboxylic acids is 3. The van der Waals surface area contributed by atoms with Crippen molar-refractivity contribution in [2.75, 3.05) is 6.54 Å². The number of rotatable bonds is 26. The number of hydrogen-bond acceptors (Lipinski definition) is 7. The molecule has 0 unspecified atom stereocenters. The summed E-state index contributed by atoms with van der Waals surface area (Å²) in [6.07, 6.45) is 11.9. The quantitative estimate of drug-likeness (QED) is 0.0512. The molecule has 0 fully saturated rings. The molecule has 0 spiro atoms. The van der Waals surface area contributed by atoms with Gasteiger partial charge in [0, 0.05) is 26.1 Å². The van der Waals surface area contributed by atoms with Gasteiger partial charge in [-0.15, -0.1) is 0 Å². The van der Waals surface area contributed by atoms with E-state index in [0.717, 1.165) is 63.4 Å². The second-order valence-corrected chi connectivity index (χ2v) is 10.7. The largest absolute Gasteiger partial charge is 0.480 e. The fourth-order valence-corrected chi connectivity index (χ4v) is 4.61. The lowest BCUT2D eigenvalue weighted by molar-refractivity contribution is -0.142. The SMILES string of the molecule is C=NN[C@@H](CCCCNC(=O)CC[C@H](NC(=O)CCCCCCCCCCCc1ccc(C(=O)O)cc1)C(=O)O)C(=O)O. The van der Waals surface area contributed by atoms with Gasteiger partial charge in [0.2, 0.25) is 11.8 Å². The van der Waals surface area contributed by atoms with Crippen molar-refractivity contribution in [3.8, 4) is 0 Å². The molecule has 1 aromatic rings. The molecule has 0 radical (unpaired) electrons. The van der Waals surface area contributed by atoms with E-state index < -0.39 is 30.0 Å². The molecular formula is C31H48N4O8. The predicted molar refractivity (Wildman–Crippen MR) is 163 cm³/mol. The van der Waals surface area contributed by atoms with Crippen LogP contribution in [0, 0.1) is 0 Å². The predicted octanol–water partition coefficient (Wildman–Crippen LogP) is 4.12. The zero-order chi connectivity index (χ0) is 31.9. The van der Waals surface area contributed by atoms with Crippen LogP contribution in [0.1, 0.15) is 112 Å². The monoisotopic (exact) mass is 604 g/mol. The molecule has 1 rings (SSSR count). The highest BCUT2D eigenvalue weighted by Gasteiger charge is 2.21. The summed E-state index contributed by atoms with van der Waals surface area (Å²) in [5.74, 6) is -3.78. The van der Waals surface area contributed by atoms with Crippen LogP contribution in [-0.4, -0.2) is 70.4 Å². The number of benzene rings is 1. The van der Waals surface area contributed by atoms with E-state index >= 15 is 0 Å². The Morgan fingerprint density at radius 1 is 0.674 bits per heavy atom. The van der Waals surface area contributed by atoms with Crippen LogP contribution in [0.4, 0.5) is 0 Å². The number of carboxylic acid groups (broad SMARTS) is 3. The Kier molecular flexibility index (Phi) is 19.5. The highest BCUT2D eigenvalue weighted by Crippen LogP contribution is 2.13. The molecule has 0 aliphatic carbocycles. The number of hydrazone groups is 1. The van der Waals surface area contributed by atoms with Gasteiger partial charge in [0.05, 0.1) is 5.56 Å². The van der Waals surface area contributed by atoms with Crippen molar-refractivity contribution in [3.63, 3.8) is 0 Å². The molecule has 2 atom stereocenters. The second kappa shape index (κ2) is 22.6. The molecular weight excluding hydrogens is 556 g/mol. The maximum atomic E-state index is 12.2. The number of amides is 2. The average molecular weight is 605 g/mol. The van der Waals surface area contributed by atoms with Crippen LogP contribution < -0.4 is 16.1 Å². The molecule has 12 nitrogen and oxygen atoms in total. The Bertz CT molecular complexity index is 1020. The van der Waals surface area contributed by atoms with Gasteiger partial charge in [-0.2, -0.15) is 5.10 Å². The number of aliphatic carboxylic acids is 2. The molecule has 0 bridgehead atoms. The first kappa shape index (κ1) is 37.1. The Hall–Kier alpha value is -3.96. The lowest BCUT2D eigenvalue weighted by Gasteiger charge is -2.15. The minimum Gasteiger partial charge on any atom is -0.480 e. The van der Waals surface area contributed by atoms with Crippen molar-refractivity contribution < 1.29 is 39.3 Å². The molecule has 0 saturated heterocycles. The molecule has 2 amide bonds. The number of nitrogens with zero attached hydrogens (tertiary/aromatic N) is 1. The van der Waals surface area contributed by atoms with Gasteiger partial charge in [0.25, 0.3) is 0 Å². The van der Waals surface area contributed by atoms with Gasteiger partial charge >= 0.3 is 17.9 Å². The molecule has 0 saturated carbocycles. The van der Waals surface area contributed by atoms with Gasteiger partial charge in [-0.25, -0.2) is 14.4 Å². The normalized spacial score (nSPS) is 12.1. The Morgan fingerprint density at radius 3 is 1.81 bits per heavy atom. The highest BCUT2D eigenvalue weighted by molar-refractivity contribution is 5.87. The van der Waals surface area contributed by atoms with Gasteiger partial charge in [0.15, 0.2) is 0 Å². The van der Waals surface area contributed by atoms with Crippen LogP contribution in [-0.2, 0) is 25.6 Å². The summed E-state index contributed by atoms with van der Waals surface area (Å²) in [6, 6.07) is 5.07. The zero-order valence-electron chi connectivity index (χ0n) is 25.0. The van der Waals surface area contributed by atoms with E-state index in [4.69, 9.17) is 10.2 Å². The van der Waals surface area contributed by atoms with Crippen LogP contribution in [0.5, 0.6) is 0 Å². The maximum absolute atomic E-state index is 12.2. The molecule has 0 heterocycles. The molecule has 6 N–H and O–H groups in total. The van der Waals surface area contributed by atoms with Crippen molar-refractivity contribution in [2.24, 2.45) is 5.10 Å². The molecule has 1 aromatic carbocycles. The number of aryl methyl sites for hydroxylation is 1. The maximum Gasteiger partial charge on any atom is 0.335 e. The van der Waals surface area contributed by atoms with Crippen molar-refractivity contribution in [1.82, 2.24) is 16.1 Å². The Balaban J connectivity index is 2.06.